The molecule has 2 aliphatic heterocycles. The molecule has 1 saturated heterocycles. The molecule has 3 N–H and O–H groups in total. The normalized spacial score (nSPS) is 19.8. The molecule has 1 fully saturated rings. The monoisotopic (exact) mass is 527 g/mol. The number of amides is 2. The summed E-state index contributed by atoms with van der Waals surface area (Å²) >= 11 is 2.42. The van der Waals surface area contributed by atoms with Crippen LogP contribution in [0.3, 0.4) is 0 Å². The quantitative estimate of drug-likeness (QED) is 0.144. The molecule has 178 valence electrons. The summed E-state index contributed by atoms with van der Waals surface area (Å²) in [5.74, 6) is -1.98. The van der Waals surface area contributed by atoms with Crippen LogP contribution in [0.25, 0.3) is 0 Å². The van der Waals surface area contributed by atoms with Crippen molar-refractivity contribution in [2.75, 3.05) is 18.6 Å². The van der Waals surface area contributed by atoms with E-state index in [0.717, 1.165) is 16.2 Å². The molecule has 0 saturated carbocycles. The molecule has 2 aromatic rings. The van der Waals surface area contributed by atoms with Crippen LogP contribution in [0.15, 0.2) is 34.0 Å². The van der Waals surface area contributed by atoms with E-state index in [1.54, 1.807) is 19.1 Å². The molecule has 2 amide bonds. The van der Waals surface area contributed by atoms with Gasteiger partial charge in [-0.3, -0.25) is 14.5 Å². The minimum absolute atomic E-state index is 0. The molecule has 4 rings (SSSR count). The molecule has 14 nitrogen and oxygen atoms in total. The van der Waals surface area contributed by atoms with Crippen LogP contribution in [0, 0.1) is 6.92 Å². The number of hydrogen-bond donors (Lipinski definition) is 2. The first-order valence-electron chi connectivity index (χ1n) is 9.73. The molecule has 0 spiro atoms. The second-order valence-corrected chi connectivity index (χ2v) is 9.00. The standard InChI is InChI=1S/C18H19N9O5S2.Na/c1-8-22-25-26(23-8)5-3-4-9-6-33-16-12(15(29)27(16)13(9)17(30)31)21-14(28)11(24-32-2)10-7-34-18(19)20-10;/h3-4,7,12,16H,5-6H2,1-2H3,(H2,19,20)(H,21,28)(H,30,31);/q;+1/p-1/b4-3+,24-11?;/t12?,16-;/m1./s1. The van der Waals surface area contributed by atoms with Crippen LogP contribution in [0.4, 0.5) is 5.13 Å². The number of rotatable bonds is 8. The van der Waals surface area contributed by atoms with Crippen LogP contribution in [0.5, 0.6) is 0 Å². The molecular formula is C18H18N9NaO5S2. The minimum atomic E-state index is -1.49. The molecule has 0 bridgehead atoms. The molecular weight excluding hydrogens is 509 g/mol. The number of thiazole rings is 1. The number of aliphatic carboxylic acids is 1. The van der Waals surface area contributed by atoms with E-state index in [4.69, 9.17) is 10.6 Å². The summed E-state index contributed by atoms with van der Waals surface area (Å²) < 4.78 is 0. The summed E-state index contributed by atoms with van der Waals surface area (Å²) in [6.45, 7) is 1.97. The van der Waals surface area contributed by atoms with Gasteiger partial charge in [-0.25, -0.2) is 4.98 Å². The van der Waals surface area contributed by atoms with Gasteiger partial charge in [0.2, 0.25) is 0 Å². The molecule has 2 atom stereocenters. The number of β-lactam (4-membered cyclic amide) rings is 1. The Morgan fingerprint density at radius 1 is 1.46 bits per heavy atom. The number of carboxylic acids is 1. The smallest absolute Gasteiger partial charge is 0.543 e. The van der Waals surface area contributed by atoms with Crippen LogP contribution in [0.2, 0.25) is 0 Å². The Morgan fingerprint density at radius 2 is 2.23 bits per heavy atom. The summed E-state index contributed by atoms with van der Waals surface area (Å²) in [5, 5.41) is 30.9. The number of nitrogens with two attached hydrogens (primary N) is 1. The zero-order valence-electron chi connectivity index (χ0n) is 18.9. The number of allylic oxidation sites excluding steroid dienone is 2. The molecule has 0 aliphatic carbocycles. The van der Waals surface area contributed by atoms with E-state index in [1.165, 1.54) is 29.0 Å². The topological polar surface area (TPSA) is 194 Å². The molecule has 1 unspecified atom stereocenters. The number of aromatic nitrogens is 5. The van der Waals surface area contributed by atoms with Gasteiger partial charge in [0.25, 0.3) is 11.8 Å². The fraction of sp³-hybridized carbons (Fsp3) is 0.333. The fourth-order valence-electron chi connectivity index (χ4n) is 3.35. The van der Waals surface area contributed by atoms with Gasteiger partial charge >= 0.3 is 29.6 Å². The summed E-state index contributed by atoms with van der Waals surface area (Å²) in [4.78, 5) is 48.6. The zero-order valence-corrected chi connectivity index (χ0v) is 22.5. The summed E-state index contributed by atoms with van der Waals surface area (Å²) in [6, 6.07) is -0.960. The van der Waals surface area contributed by atoms with E-state index in [9.17, 15) is 19.5 Å². The maximum absolute atomic E-state index is 12.8. The van der Waals surface area contributed by atoms with Gasteiger partial charge in [-0.1, -0.05) is 17.3 Å². The molecule has 0 aromatic carbocycles. The average Bonchev–Trinajstić information content (AvgIpc) is 3.42. The molecule has 2 aliphatic rings. The number of carbonyl (C=O) groups excluding carboxylic acids is 3. The predicted octanol–water partition coefficient (Wildman–Crippen LogP) is -4.96. The van der Waals surface area contributed by atoms with Crippen molar-refractivity contribution in [3.8, 4) is 0 Å². The maximum atomic E-state index is 12.8. The van der Waals surface area contributed by atoms with Gasteiger partial charge in [0, 0.05) is 11.1 Å². The number of nitrogens with one attached hydrogen (secondary N) is 1. The number of nitrogens with zero attached hydrogens (tertiary/aromatic N) is 7. The van der Waals surface area contributed by atoms with Crippen LogP contribution in [-0.4, -0.2) is 77.9 Å². The predicted molar refractivity (Wildman–Crippen MR) is 119 cm³/mol. The van der Waals surface area contributed by atoms with Crippen LogP contribution in [0.1, 0.15) is 11.5 Å². The summed E-state index contributed by atoms with van der Waals surface area (Å²) in [5.41, 5.74) is 5.82. The van der Waals surface area contributed by atoms with Crippen molar-refractivity contribution in [3.05, 3.63) is 40.3 Å². The van der Waals surface area contributed by atoms with E-state index >= 15 is 0 Å². The minimum Gasteiger partial charge on any atom is -0.543 e. The molecule has 4 heterocycles. The SMILES string of the molecule is CON=C(C(=O)NC1C(=O)N2C(C(=O)[O-])=C(/C=C/Cn3nnc(C)n3)CS[C@H]12)c1csc(N)n1.[Na+]. The van der Waals surface area contributed by atoms with E-state index in [1.807, 2.05) is 0 Å². The number of nitrogen functional groups attached to an aromatic ring is 1. The zero-order chi connectivity index (χ0) is 24.4. The molecule has 35 heavy (non-hydrogen) atoms. The third kappa shape index (κ3) is 5.56. The average molecular weight is 528 g/mol. The van der Waals surface area contributed by atoms with E-state index in [2.05, 4.69) is 30.9 Å². The van der Waals surface area contributed by atoms with Gasteiger partial charge in [0.15, 0.2) is 16.7 Å². The first-order chi connectivity index (χ1) is 16.3. The Labute approximate surface area is 228 Å². The second kappa shape index (κ2) is 11.3. The Morgan fingerprint density at radius 3 is 2.83 bits per heavy atom. The van der Waals surface area contributed by atoms with Crippen molar-refractivity contribution >= 4 is 51.7 Å². The summed E-state index contributed by atoms with van der Waals surface area (Å²) in [6.07, 6.45) is 3.25. The number of anilines is 1. The van der Waals surface area contributed by atoms with Crippen molar-refractivity contribution in [1.29, 1.82) is 0 Å². The van der Waals surface area contributed by atoms with E-state index in [-0.39, 0.29) is 64.1 Å². The number of oxime groups is 1. The van der Waals surface area contributed by atoms with Crippen LogP contribution in [-0.2, 0) is 25.8 Å². The van der Waals surface area contributed by atoms with Crippen molar-refractivity contribution in [2.45, 2.75) is 24.9 Å². The third-order valence-corrected chi connectivity index (χ3v) is 6.76. The van der Waals surface area contributed by atoms with Gasteiger partial charge in [0.1, 0.15) is 24.2 Å². The van der Waals surface area contributed by atoms with E-state index < -0.39 is 29.2 Å². The Balaban J connectivity index is 0.00000342. The summed E-state index contributed by atoms with van der Waals surface area (Å²) in [7, 11) is 1.27. The van der Waals surface area contributed by atoms with Crippen LogP contribution >= 0.6 is 23.1 Å². The van der Waals surface area contributed by atoms with Crippen molar-refractivity contribution in [1.82, 2.24) is 35.4 Å². The first kappa shape index (κ1) is 26.8. The van der Waals surface area contributed by atoms with Crippen molar-refractivity contribution < 1.29 is 53.9 Å². The number of fused-ring (bicyclic) bond motifs is 1. The molecule has 2 aromatic heterocycles. The Bertz CT molecular complexity index is 1240. The Hall–Kier alpha value is -2.79. The van der Waals surface area contributed by atoms with E-state index in [0.29, 0.717) is 11.4 Å². The number of thioether (sulfide) groups is 1. The largest absolute Gasteiger partial charge is 1.00 e. The molecule has 0 radical (unpaired) electrons. The second-order valence-electron chi connectivity index (χ2n) is 7.01. The Kier molecular flexibility index (Phi) is 8.65. The first-order valence-corrected chi connectivity index (χ1v) is 11.7. The fourth-order valence-corrected chi connectivity index (χ4v) is 5.22. The van der Waals surface area contributed by atoms with Crippen LogP contribution < -0.4 is 45.7 Å². The number of carboxylic acid groups (broad SMARTS) is 1. The van der Waals surface area contributed by atoms with Gasteiger partial charge < -0.3 is 25.8 Å². The number of hydrogen-bond acceptors (Lipinski definition) is 13. The number of carbonyl (C=O) groups is 3. The third-order valence-electron chi connectivity index (χ3n) is 4.78. The number of tetrazole rings is 1. The van der Waals surface area contributed by atoms with Crippen molar-refractivity contribution in [2.24, 2.45) is 5.16 Å². The maximum Gasteiger partial charge on any atom is 1.00 e. The van der Waals surface area contributed by atoms with Gasteiger partial charge in [-0.05, 0) is 17.7 Å². The van der Waals surface area contributed by atoms with Gasteiger partial charge in [0.05, 0.1) is 18.2 Å². The van der Waals surface area contributed by atoms with Gasteiger partial charge in [-0.15, -0.1) is 33.3 Å². The molecule has 17 heteroatoms. The number of aryl methyl sites for hydroxylation is 1. The van der Waals surface area contributed by atoms with Gasteiger partial charge in [-0.2, -0.15) is 4.80 Å². The van der Waals surface area contributed by atoms with Crippen molar-refractivity contribution in [3.63, 3.8) is 0 Å².